The van der Waals surface area contributed by atoms with Crippen LogP contribution in [0.15, 0.2) is 0 Å². The number of hydrogen-bond acceptors (Lipinski definition) is 3. The molecule has 0 amide bonds. The van der Waals surface area contributed by atoms with E-state index < -0.39 is 9.84 Å². The Hall–Kier alpha value is -0.0900. The number of sulfone groups is 1. The van der Waals surface area contributed by atoms with E-state index in [0.717, 1.165) is 32.1 Å². The number of unbranched alkanes of at least 4 members (excludes halogenated alkanes) is 2. The molecule has 0 aromatic rings. The molecular weight excluding hydrogens is 246 g/mol. The highest BCUT2D eigenvalue weighted by Crippen LogP contribution is 2.24. The minimum Gasteiger partial charge on any atom is -0.313 e. The molecule has 108 valence electrons. The van der Waals surface area contributed by atoms with Crippen LogP contribution in [0, 0.1) is 0 Å². The number of hydrogen-bond donors (Lipinski definition) is 1. The van der Waals surface area contributed by atoms with Crippen molar-refractivity contribution < 1.29 is 8.42 Å². The van der Waals surface area contributed by atoms with E-state index in [4.69, 9.17) is 0 Å². The summed E-state index contributed by atoms with van der Waals surface area (Å²) in [5.41, 5.74) is 0. The van der Waals surface area contributed by atoms with Crippen LogP contribution in [0.3, 0.4) is 0 Å². The van der Waals surface area contributed by atoms with Gasteiger partial charge in [0.05, 0.1) is 11.0 Å². The van der Waals surface area contributed by atoms with Crippen LogP contribution < -0.4 is 5.32 Å². The van der Waals surface area contributed by atoms with Crippen LogP contribution in [-0.4, -0.2) is 32.0 Å². The number of nitrogens with one attached hydrogen (secondary N) is 1. The van der Waals surface area contributed by atoms with Crippen molar-refractivity contribution in [3.05, 3.63) is 0 Å². The van der Waals surface area contributed by atoms with E-state index in [1.807, 2.05) is 0 Å². The van der Waals surface area contributed by atoms with E-state index in [-0.39, 0.29) is 5.25 Å². The van der Waals surface area contributed by atoms with Gasteiger partial charge in [-0.3, -0.25) is 0 Å². The lowest BCUT2D eigenvalue weighted by atomic mass is 10.1. The molecule has 3 nitrogen and oxygen atoms in total. The molecule has 1 rings (SSSR count). The largest absolute Gasteiger partial charge is 0.313 e. The summed E-state index contributed by atoms with van der Waals surface area (Å²) in [6.45, 7) is 4.97. The summed E-state index contributed by atoms with van der Waals surface area (Å²) >= 11 is 0. The molecular formula is C14H29NO2S. The lowest BCUT2D eigenvalue weighted by Gasteiger charge is -2.15. The maximum atomic E-state index is 12.0. The normalized spacial score (nSPS) is 19.2. The Morgan fingerprint density at radius 2 is 1.89 bits per heavy atom. The van der Waals surface area contributed by atoms with Crippen LogP contribution >= 0.6 is 0 Å². The predicted octanol–water partition coefficient (Wildman–Crippen LogP) is 2.90. The first-order valence-electron chi connectivity index (χ1n) is 7.51. The molecule has 0 spiro atoms. The summed E-state index contributed by atoms with van der Waals surface area (Å²) in [5, 5.41) is 3.30. The highest BCUT2D eigenvalue weighted by molar-refractivity contribution is 7.92. The molecule has 1 unspecified atom stereocenters. The SMILES string of the molecule is CCCCCC(C)NCCS(=O)(=O)C1CCCC1. The summed E-state index contributed by atoms with van der Waals surface area (Å²) in [7, 11) is -2.84. The van der Waals surface area contributed by atoms with E-state index in [2.05, 4.69) is 19.2 Å². The average Bonchev–Trinajstić information content (AvgIpc) is 2.83. The van der Waals surface area contributed by atoms with Gasteiger partial charge >= 0.3 is 0 Å². The average molecular weight is 275 g/mol. The Bertz CT molecular complexity index is 308. The Balaban J connectivity index is 2.16. The van der Waals surface area contributed by atoms with Crippen molar-refractivity contribution in [2.45, 2.75) is 76.5 Å². The van der Waals surface area contributed by atoms with Gasteiger partial charge in [0.1, 0.15) is 0 Å². The molecule has 0 heterocycles. The minimum absolute atomic E-state index is 0.0466. The first-order chi connectivity index (χ1) is 8.56. The molecule has 18 heavy (non-hydrogen) atoms. The van der Waals surface area contributed by atoms with Crippen molar-refractivity contribution in [2.24, 2.45) is 0 Å². The van der Waals surface area contributed by atoms with E-state index in [9.17, 15) is 8.42 Å². The molecule has 0 aliphatic heterocycles. The fourth-order valence-corrected chi connectivity index (χ4v) is 4.45. The van der Waals surface area contributed by atoms with Crippen LogP contribution in [0.4, 0.5) is 0 Å². The maximum Gasteiger partial charge on any atom is 0.154 e. The molecule has 0 aromatic carbocycles. The zero-order valence-corrected chi connectivity index (χ0v) is 12.8. The maximum absolute atomic E-state index is 12.0. The molecule has 0 aromatic heterocycles. The van der Waals surface area contributed by atoms with Gasteiger partial charge in [0, 0.05) is 12.6 Å². The van der Waals surface area contributed by atoms with Crippen molar-refractivity contribution in [2.75, 3.05) is 12.3 Å². The second kappa shape index (κ2) is 8.16. The zero-order chi connectivity index (χ0) is 13.4. The fourth-order valence-electron chi connectivity index (χ4n) is 2.66. The molecule has 1 aliphatic rings. The Morgan fingerprint density at radius 3 is 2.50 bits per heavy atom. The highest BCUT2D eigenvalue weighted by atomic mass is 32.2. The van der Waals surface area contributed by atoms with E-state index >= 15 is 0 Å². The van der Waals surface area contributed by atoms with Crippen LogP contribution in [-0.2, 0) is 9.84 Å². The summed E-state index contributed by atoms with van der Waals surface area (Å²) in [4.78, 5) is 0. The van der Waals surface area contributed by atoms with Gasteiger partial charge in [0.25, 0.3) is 0 Å². The second-order valence-electron chi connectivity index (χ2n) is 5.62. The molecule has 0 saturated heterocycles. The van der Waals surface area contributed by atoms with Gasteiger partial charge in [-0.05, 0) is 26.2 Å². The molecule has 0 bridgehead atoms. The van der Waals surface area contributed by atoms with Crippen molar-refractivity contribution in [3.63, 3.8) is 0 Å². The van der Waals surface area contributed by atoms with Crippen molar-refractivity contribution >= 4 is 9.84 Å². The van der Waals surface area contributed by atoms with Crippen LogP contribution in [0.1, 0.15) is 65.2 Å². The van der Waals surface area contributed by atoms with Crippen molar-refractivity contribution in [1.82, 2.24) is 5.32 Å². The smallest absolute Gasteiger partial charge is 0.154 e. The Morgan fingerprint density at radius 1 is 1.22 bits per heavy atom. The van der Waals surface area contributed by atoms with E-state index in [0.29, 0.717) is 18.3 Å². The standard InChI is InChI=1S/C14H29NO2S/c1-3-4-5-8-13(2)15-11-12-18(16,17)14-9-6-7-10-14/h13-15H,3-12H2,1-2H3. The van der Waals surface area contributed by atoms with Crippen molar-refractivity contribution in [3.8, 4) is 0 Å². The molecule has 1 N–H and O–H groups in total. The van der Waals surface area contributed by atoms with Gasteiger partial charge in [-0.1, -0.05) is 39.0 Å². The monoisotopic (exact) mass is 275 g/mol. The summed E-state index contributed by atoms with van der Waals surface area (Å²) in [6, 6.07) is 0.440. The first kappa shape index (κ1) is 16.0. The van der Waals surface area contributed by atoms with Gasteiger partial charge in [0.2, 0.25) is 0 Å². The second-order valence-corrected chi connectivity index (χ2v) is 8.03. The molecule has 4 heteroatoms. The van der Waals surface area contributed by atoms with Gasteiger partial charge in [0.15, 0.2) is 9.84 Å². The Labute approximate surface area is 113 Å². The van der Waals surface area contributed by atoms with E-state index in [1.54, 1.807) is 0 Å². The Kier molecular flexibility index (Phi) is 7.23. The summed E-state index contributed by atoms with van der Waals surface area (Å²) in [5.74, 6) is 0.315. The topological polar surface area (TPSA) is 46.2 Å². The van der Waals surface area contributed by atoms with Gasteiger partial charge in [-0.2, -0.15) is 0 Å². The third kappa shape index (κ3) is 5.70. The molecule has 1 atom stereocenters. The molecule has 1 aliphatic carbocycles. The predicted molar refractivity (Wildman–Crippen MR) is 77.6 cm³/mol. The third-order valence-corrected chi connectivity index (χ3v) is 6.19. The van der Waals surface area contributed by atoms with Crippen LogP contribution in [0.2, 0.25) is 0 Å². The van der Waals surface area contributed by atoms with Gasteiger partial charge in [-0.25, -0.2) is 8.42 Å². The third-order valence-electron chi connectivity index (χ3n) is 3.93. The molecule has 1 saturated carbocycles. The van der Waals surface area contributed by atoms with Gasteiger partial charge in [-0.15, -0.1) is 0 Å². The summed E-state index contributed by atoms with van der Waals surface area (Å²) < 4.78 is 24.1. The summed E-state index contributed by atoms with van der Waals surface area (Å²) in [6.07, 6.45) is 8.84. The van der Waals surface area contributed by atoms with E-state index in [1.165, 1.54) is 19.3 Å². The first-order valence-corrected chi connectivity index (χ1v) is 9.22. The fraction of sp³-hybridized carbons (Fsp3) is 1.00. The number of rotatable bonds is 9. The molecule has 0 radical (unpaired) electrons. The quantitative estimate of drug-likeness (QED) is 0.658. The minimum atomic E-state index is -2.84. The lowest BCUT2D eigenvalue weighted by molar-refractivity contribution is 0.497. The molecule has 1 fully saturated rings. The zero-order valence-electron chi connectivity index (χ0n) is 12.0. The van der Waals surface area contributed by atoms with Gasteiger partial charge < -0.3 is 5.32 Å². The highest BCUT2D eigenvalue weighted by Gasteiger charge is 2.27. The van der Waals surface area contributed by atoms with Crippen molar-refractivity contribution in [1.29, 1.82) is 0 Å². The lowest BCUT2D eigenvalue weighted by Crippen LogP contribution is -2.33. The van der Waals surface area contributed by atoms with Crippen LogP contribution in [0.25, 0.3) is 0 Å². The van der Waals surface area contributed by atoms with Crippen LogP contribution in [0.5, 0.6) is 0 Å².